The third kappa shape index (κ3) is 5.16. The van der Waals surface area contributed by atoms with Gasteiger partial charge in [0.1, 0.15) is 0 Å². The zero-order valence-electron chi connectivity index (χ0n) is 11.8. The number of aliphatic hydroxyl groups is 1. The van der Waals surface area contributed by atoms with Crippen molar-refractivity contribution in [3.05, 3.63) is 33.8 Å². The molecule has 0 aliphatic heterocycles. The van der Waals surface area contributed by atoms with Gasteiger partial charge in [0.15, 0.2) is 5.96 Å². The summed E-state index contributed by atoms with van der Waals surface area (Å²) in [4.78, 5) is 4.19. The van der Waals surface area contributed by atoms with Crippen LogP contribution in [0.3, 0.4) is 0 Å². The molecule has 1 atom stereocenters. The maximum atomic E-state index is 9.96. The van der Waals surface area contributed by atoms with Crippen LogP contribution in [-0.2, 0) is 0 Å². The van der Waals surface area contributed by atoms with E-state index in [-0.39, 0.29) is 30.0 Å². The first-order valence-corrected chi connectivity index (χ1v) is 7.39. The Balaban J connectivity index is 0.00000220. The number of benzene rings is 1. The number of hydrogen-bond donors (Lipinski definition) is 3. The highest BCUT2D eigenvalue weighted by molar-refractivity contribution is 14.0. The van der Waals surface area contributed by atoms with Gasteiger partial charge in [-0.3, -0.25) is 4.99 Å². The molecular formula is C14H20Cl2IN3O. The van der Waals surface area contributed by atoms with Gasteiger partial charge in [0.25, 0.3) is 0 Å². The third-order valence-corrected chi connectivity index (χ3v) is 4.18. The minimum absolute atomic E-state index is 0. The van der Waals surface area contributed by atoms with E-state index in [9.17, 15) is 5.11 Å². The average molecular weight is 444 g/mol. The average Bonchev–Trinajstić information content (AvgIpc) is 2.33. The van der Waals surface area contributed by atoms with Gasteiger partial charge in [0, 0.05) is 10.0 Å². The van der Waals surface area contributed by atoms with Crippen LogP contribution in [-0.4, -0.2) is 23.2 Å². The molecule has 2 rings (SSSR count). The Hall–Kier alpha value is -0.240. The Kier molecular flexibility index (Phi) is 7.03. The monoisotopic (exact) mass is 443 g/mol. The van der Waals surface area contributed by atoms with Gasteiger partial charge in [-0.25, -0.2) is 0 Å². The van der Waals surface area contributed by atoms with Crippen molar-refractivity contribution in [1.29, 1.82) is 0 Å². The van der Waals surface area contributed by atoms with Crippen molar-refractivity contribution in [2.75, 3.05) is 6.54 Å². The third-order valence-electron chi connectivity index (χ3n) is 3.62. The van der Waals surface area contributed by atoms with E-state index in [1.165, 1.54) is 0 Å². The molecular weight excluding hydrogens is 424 g/mol. The number of aliphatic imine (C=N–C) groups is 1. The highest BCUT2D eigenvalue weighted by Gasteiger charge is 2.34. The molecule has 1 saturated carbocycles. The zero-order chi connectivity index (χ0) is 14.8. The summed E-state index contributed by atoms with van der Waals surface area (Å²) in [7, 11) is 0. The van der Waals surface area contributed by atoms with Gasteiger partial charge in [0.05, 0.1) is 18.2 Å². The molecule has 0 bridgehead atoms. The lowest BCUT2D eigenvalue weighted by atomic mass is 9.80. The molecule has 4 N–H and O–H groups in total. The van der Waals surface area contributed by atoms with Crippen LogP contribution in [0.5, 0.6) is 0 Å². The number of nitrogens with one attached hydrogen (secondary N) is 1. The van der Waals surface area contributed by atoms with Crippen LogP contribution < -0.4 is 11.1 Å². The molecule has 4 nitrogen and oxygen atoms in total. The standard InChI is InChI=1S/C14H19Cl2N3O.HI/c1-9(11-4-3-10(15)7-12(11)16)19-13(17)18-8-14(20)5-2-6-14;/h3-4,7,9,20H,2,5-6,8H2,1H3,(H3,17,18,19);1H. The summed E-state index contributed by atoms with van der Waals surface area (Å²) in [5.41, 5.74) is 6.08. The maximum absolute atomic E-state index is 9.96. The van der Waals surface area contributed by atoms with Crippen molar-refractivity contribution in [3.8, 4) is 0 Å². The maximum Gasteiger partial charge on any atom is 0.189 e. The smallest absolute Gasteiger partial charge is 0.189 e. The molecule has 118 valence electrons. The second-order valence-electron chi connectivity index (χ2n) is 5.31. The van der Waals surface area contributed by atoms with Gasteiger partial charge in [0.2, 0.25) is 0 Å². The Morgan fingerprint density at radius 1 is 1.48 bits per heavy atom. The fraction of sp³-hybridized carbons (Fsp3) is 0.500. The molecule has 1 unspecified atom stereocenters. The van der Waals surface area contributed by atoms with Crippen LogP contribution in [0, 0.1) is 0 Å². The molecule has 0 saturated heterocycles. The Labute approximate surface area is 152 Å². The second kappa shape index (κ2) is 7.85. The van der Waals surface area contributed by atoms with E-state index >= 15 is 0 Å². The summed E-state index contributed by atoms with van der Waals surface area (Å²) in [6.45, 7) is 2.28. The van der Waals surface area contributed by atoms with Crippen molar-refractivity contribution >= 4 is 53.1 Å². The first-order chi connectivity index (χ1) is 9.39. The fourth-order valence-electron chi connectivity index (χ4n) is 2.17. The lowest BCUT2D eigenvalue weighted by Gasteiger charge is -2.35. The van der Waals surface area contributed by atoms with Gasteiger partial charge in [-0.1, -0.05) is 29.3 Å². The fourth-order valence-corrected chi connectivity index (χ4v) is 2.75. The Morgan fingerprint density at radius 2 is 2.14 bits per heavy atom. The van der Waals surface area contributed by atoms with Gasteiger partial charge < -0.3 is 16.2 Å². The molecule has 0 spiro atoms. The van der Waals surface area contributed by atoms with E-state index in [1.54, 1.807) is 12.1 Å². The van der Waals surface area contributed by atoms with Gasteiger partial charge >= 0.3 is 0 Å². The molecule has 0 heterocycles. The van der Waals surface area contributed by atoms with Crippen LogP contribution in [0.15, 0.2) is 23.2 Å². The first-order valence-electron chi connectivity index (χ1n) is 6.63. The molecule has 0 amide bonds. The SMILES string of the molecule is CC(NC(N)=NCC1(O)CCC1)c1ccc(Cl)cc1Cl.I. The number of guanidine groups is 1. The Morgan fingerprint density at radius 3 is 2.67 bits per heavy atom. The highest BCUT2D eigenvalue weighted by atomic mass is 127. The van der Waals surface area contributed by atoms with E-state index in [0.717, 1.165) is 24.8 Å². The van der Waals surface area contributed by atoms with Crippen molar-refractivity contribution < 1.29 is 5.11 Å². The predicted octanol–water partition coefficient (Wildman–Crippen LogP) is 3.49. The van der Waals surface area contributed by atoms with Crippen LogP contribution in [0.25, 0.3) is 0 Å². The van der Waals surface area contributed by atoms with Crippen molar-refractivity contribution in [1.82, 2.24) is 5.32 Å². The normalized spacial score (nSPS) is 18.4. The second-order valence-corrected chi connectivity index (χ2v) is 6.15. The molecule has 21 heavy (non-hydrogen) atoms. The summed E-state index contributed by atoms with van der Waals surface area (Å²) < 4.78 is 0. The topological polar surface area (TPSA) is 70.6 Å². The molecule has 1 aromatic carbocycles. The number of rotatable bonds is 4. The quantitative estimate of drug-likeness (QED) is 0.379. The molecule has 1 aromatic rings. The minimum atomic E-state index is -0.659. The van der Waals surface area contributed by atoms with Crippen molar-refractivity contribution in [2.24, 2.45) is 10.7 Å². The lowest BCUT2D eigenvalue weighted by Crippen LogP contribution is -2.42. The van der Waals surface area contributed by atoms with E-state index in [0.29, 0.717) is 22.5 Å². The van der Waals surface area contributed by atoms with Gasteiger partial charge in [-0.2, -0.15) is 0 Å². The lowest BCUT2D eigenvalue weighted by molar-refractivity contribution is -0.0235. The van der Waals surface area contributed by atoms with E-state index in [2.05, 4.69) is 10.3 Å². The summed E-state index contributed by atoms with van der Waals surface area (Å²) in [5.74, 6) is 0.309. The van der Waals surface area contributed by atoms with Crippen LogP contribution in [0.1, 0.15) is 37.8 Å². The Bertz CT molecular complexity index is 521. The highest BCUT2D eigenvalue weighted by Crippen LogP contribution is 2.31. The van der Waals surface area contributed by atoms with Crippen LogP contribution >= 0.6 is 47.2 Å². The molecule has 7 heteroatoms. The number of nitrogens with two attached hydrogens (primary N) is 1. The summed E-state index contributed by atoms with van der Waals surface area (Å²) >= 11 is 12.0. The number of nitrogens with zero attached hydrogens (tertiary/aromatic N) is 1. The van der Waals surface area contributed by atoms with Crippen molar-refractivity contribution in [3.63, 3.8) is 0 Å². The zero-order valence-corrected chi connectivity index (χ0v) is 15.6. The van der Waals surface area contributed by atoms with Crippen LogP contribution in [0.4, 0.5) is 0 Å². The summed E-state index contributed by atoms with van der Waals surface area (Å²) in [6, 6.07) is 5.25. The molecule has 0 aromatic heterocycles. The van der Waals surface area contributed by atoms with Gasteiger partial charge in [-0.15, -0.1) is 24.0 Å². The summed E-state index contributed by atoms with van der Waals surface area (Å²) in [6.07, 6.45) is 2.64. The van der Waals surface area contributed by atoms with Crippen LogP contribution in [0.2, 0.25) is 10.0 Å². The van der Waals surface area contributed by atoms with Gasteiger partial charge in [-0.05, 0) is 43.9 Å². The molecule has 1 aliphatic rings. The summed E-state index contributed by atoms with van der Waals surface area (Å²) in [5, 5.41) is 14.2. The van der Waals surface area contributed by atoms with E-state index in [1.807, 2.05) is 13.0 Å². The first kappa shape index (κ1) is 18.8. The number of halogens is 3. The molecule has 1 fully saturated rings. The molecule has 0 radical (unpaired) electrons. The number of hydrogen-bond acceptors (Lipinski definition) is 2. The van der Waals surface area contributed by atoms with Crippen molar-refractivity contribution in [2.45, 2.75) is 37.8 Å². The van der Waals surface area contributed by atoms with E-state index < -0.39 is 5.60 Å². The molecule has 1 aliphatic carbocycles. The minimum Gasteiger partial charge on any atom is -0.388 e. The van der Waals surface area contributed by atoms with E-state index in [4.69, 9.17) is 28.9 Å². The largest absolute Gasteiger partial charge is 0.388 e. The predicted molar refractivity (Wildman–Crippen MR) is 98.7 cm³/mol.